The van der Waals surface area contributed by atoms with Crippen LogP contribution < -0.4 is 16.4 Å². The summed E-state index contributed by atoms with van der Waals surface area (Å²) < 4.78 is 6.66. The largest absolute Gasteiger partial charge is 0.378 e. The molecule has 0 radical (unpaired) electrons. The number of carbonyl (C=O) groups excluding carboxylic acids is 1. The molecule has 0 aliphatic carbocycles. The second kappa shape index (κ2) is 9.74. The molecule has 0 spiro atoms. The number of nitrogens with zero attached hydrogens (tertiary/aromatic N) is 7. The molecule has 5 rings (SSSR count). The number of ether oxygens (including phenoxy) is 1. The average Bonchev–Trinajstić information content (AvgIpc) is 3.19. The number of fused-ring (bicyclic) bond motifs is 1. The number of aryl methyl sites for hydroxylation is 1. The second-order valence-corrected chi connectivity index (χ2v) is 9.59. The smallest absolute Gasteiger partial charge is 0.236 e. The van der Waals surface area contributed by atoms with Crippen LogP contribution in [0.15, 0.2) is 12.4 Å². The number of piperazine rings is 1. The van der Waals surface area contributed by atoms with Crippen LogP contribution in [0, 0.1) is 6.92 Å². The summed E-state index contributed by atoms with van der Waals surface area (Å²) in [6.07, 6.45) is 3.33. The minimum Gasteiger partial charge on any atom is -0.378 e. The van der Waals surface area contributed by atoms with E-state index in [9.17, 15) is 4.79 Å². The van der Waals surface area contributed by atoms with Gasteiger partial charge in [0.15, 0.2) is 11.6 Å². The van der Waals surface area contributed by atoms with Crippen molar-refractivity contribution in [1.29, 1.82) is 0 Å². The third-order valence-electron chi connectivity index (χ3n) is 6.35. The fourth-order valence-electron chi connectivity index (χ4n) is 4.33. The van der Waals surface area contributed by atoms with Crippen LogP contribution in [0.2, 0.25) is 0 Å². The van der Waals surface area contributed by atoms with Gasteiger partial charge in [0.25, 0.3) is 0 Å². The number of anilines is 2. The lowest BCUT2D eigenvalue weighted by Gasteiger charge is -2.34. The molecule has 0 saturated carbocycles. The van der Waals surface area contributed by atoms with Gasteiger partial charge in [-0.05, 0) is 12.5 Å². The first-order valence-corrected chi connectivity index (χ1v) is 12.3. The van der Waals surface area contributed by atoms with Crippen LogP contribution in [0.5, 0.6) is 0 Å². The van der Waals surface area contributed by atoms with Crippen molar-refractivity contribution in [2.75, 3.05) is 69.7 Å². The molecule has 1 amide bonds. The van der Waals surface area contributed by atoms with Crippen LogP contribution in [0.4, 0.5) is 11.8 Å². The minimum atomic E-state index is 0.0160. The number of aromatic nitrogens is 4. The Morgan fingerprint density at radius 2 is 1.79 bits per heavy atom. The van der Waals surface area contributed by atoms with Crippen molar-refractivity contribution in [1.82, 2.24) is 29.7 Å². The fraction of sp³-hybridized carbons (Fsp3) is 0.500. The standard InChI is InChI=1S/C22H29N9O2S/c1-14-16(13-29-2-4-30(5-3-29)17(32)10-23)34-19-18(14)27-20(15-11-25-22(24)26-12-15)28-21(19)31-6-8-33-9-7-31/h11-12H,2-10,13,23H2,1H3,(H2,24,25,26). The van der Waals surface area contributed by atoms with Crippen molar-refractivity contribution in [3.63, 3.8) is 0 Å². The number of hydrogen-bond acceptors (Lipinski definition) is 11. The van der Waals surface area contributed by atoms with Gasteiger partial charge in [-0.1, -0.05) is 0 Å². The number of thiophene rings is 1. The summed E-state index contributed by atoms with van der Waals surface area (Å²) in [6.45, 7) is 9.01. The van der Waals surface area contributed by atoms with E-state index in [4.69, 9.17) is 26.2 Å². The Bertz CT molecular complexity index is 1170. The van der Waals surface area contributed by atoms with Crippen molar-refractivity contribution in [2.24, 2.45) is 5.73 Å². The number of nitrogen functional groups attached to an aromatic ring is 1. The first kappa shape index (κ1) is 22.8. The zero-order chi connectivity index (χ0) is 23.7. The van der Waals surface area contributed by atoms with E-state index in [1.165, 1.54) is 4.88 Å². The van der Waals surface area contributed by atoms with E-state index < -0.39 is 0 Å². The molecule has 12 heteroatoms. The van der Waals surface area contributed by atoms with E-state index in [0.717, 1.165) is 59.9 Å². The Balaban J connectivity index is 1.48. The van der Waals surface area contributed by atoms with Crippen LogP contribution >= 0.6 is 11.3 Å². The molecule has 3 aromatic heterocycles. The predicted molar refractivity (Wildman–Crippen MR) is 132 cm³/mol. The molecule has 3 aromatic rings. The first-order valence-electron chi connectivity index (χ1n) is 11.4. The van der Waals surface area contributed by atoms with E-state index in [1.54, 1.807) is 23.7 Å². The normalized spacial score (nSPS) is 17.5. The summed E-state index contributed by atoms with van der Waals surface area (Å²) >= 11 is 1.75. The molecule has 0 bridgehead atoms. The van der Waals surface area contributed by atoms with Crippen LogP contribution in [0.3, 0.4) is 0 Å². The maximum atomic E-state index is 11.9. The van der Waals surface area contributed by atoms with Gasteiger partial charge >= 0.3 is 0 Å². The highest BCUT2D eigenvalue weighted by Gasteiger charge is 2.25. The monoisotopic (exact) mass is 483 g/mol. The highest BCUT2D eigenvalue weighted by atomic mass is 32.1. The highest BCUT2D eigenvalue weighted by molar-refractivity contribution is 7.19. The van der Waals surface area contributed by atoms with Crippen LogP contribution in [-0.2, 0) is 16.1 Å². The van der Waals surface area contributed by atoms with Crippen LogP contribution in [0.25, 0.3) is 21.6 Å². The molecule has 2 fully saturated rings. The predicted octanol–water partition coefficient (Wildman–Crippen LogP) is 0.478. The van der Waals surface area contributed by atoms with Crippen molar-refractivity contribution in [3.8, 4) is 11.4 Å². The summed E-state index contributed by atoms with van der Waals surface area (Å²) in [5, 5.41) is 0. The summed E-state index contributed by atoms with van der Waals surface area (Å²) in [7, 11) is 0. The lowest BCUT2D eigenvalue weighted by Crippen LogP contribution is -2.49. The molecular formula is C22H29N9O2S. The Morgan fingerprint density at radius 3 is 2.47 bits per heavy atom. The fourth-order valence-corrected chi connectivity index (χ4v) is 5.63. The van der Waals surface area contributed by atoms with Gasteiger partial charge in [0.2, 0.25) is 11.9 Å². The van der Waals surface area contributed by atoms with Gasteiger partial charge < -0.3 is 26.0 Å². The lowest BCUT2D eigenvalue weighted by molar-refractivity contribution is -0.131. The topological polar surface area (TPSA) is 140 Å². The summed E-state index contributed by atoms with van der Waals surface area (Å²) in [6, 6.07) is 0. The second-order valence-electron chi connectivity index (χ2n) is 8.49. The van der Waals surface area contributed by atoms with Crippen molar-refractivity contribution in [3.05, 3.63) is 22.8 Å². The number of rotatable bonds is 5. The molecule has 5 heterocycles. The number of morpholine rings is 1. The number of amides is 1. The maximum Gasteiger partial charge on any atom is 0.236 e. The molecule has 2 aliphatic rings. The van der Waals surface area contributed by atoms with Crippen molar-refractivity contribution >= 4 is 39.2 Å². The molecule has 180 valence electrons. The number of carbonyl (C=O) groups is 1. The Kier molecular flexibility index (Phi) is 6.55. The molecule has 0 aromatic carbocycles. The zero-order valence-electron chi connectivity index (χ0n) is 19.2. The zero-order valence-corrected chi connectivity index (χ0v) is 20.1. The van der Waals surface area contributed by atoms with E-state index in [-0.39, 0.29) is 18.4 Å². The quantitative estimate of drug-likeness (QED) is 0.526. The van der Waals surface area contributed by atoms with Gasteiger partial charge in [0.1, 0.15) is 0 Å². The first-order chi connectivity index (χ1) is 16.5. The van der Waals surface area contributed by atoms with E-state index >= 15 is 0 Å². The van der Waals surface area contributed by atoms with E-state index in [0.29, 0.717) is 32.1 Å². The van der Waals surface area contributed by atoms with Crippen molar-refractivity contribution < 1.29 is 9.53 Å². The molecule has 4 N–H and O–H groups in total. The Labute approximate surface area is 201 Å². The molecule has 0 unspecified atom stereocenters. The van der Waals surface area contributed by atoms with Crippen molar-refractivity contribution in [2.45, 2.75) is 13.5 Å². The highest BCUT2D eigenvalue weighted by Crippen LogP contribution is 2.38. The van der Waals surface area contributed by atoms with Crippen LogP contribution in [0.1, 0.15) is 10.4 Å². The van der Waals surface area contributed by atoms with E-state index in [2.05, 4.69) is 26.7 Å². The molecule has 2 saturated heterocycles. The molecule has 2 aliphatic heterocycles. The number of nitrogens with two attached hydrogens (primary N) is 2. The molecule has 11 nitrogen and oxygen atoms in total. The summed E-state index contributed by atoms with van der Waals surface area (Å²) in [4.78, 5) is 37.8. The number of hydrogen-bond donors (Lipinski definition) is 2. The third kappa shape index (κ3) is 4.53. The Morgan fingerprint density at radius 1 is 1.09 bits per heavy atom. The maximum absolute atomic E-state index is 11.9. The SMILES string of the molecule is Cc1c(CN2CCN(C(=O)CN)CC2)sc2c(N3CCOCC3)nc(-c3cnc(N)nc3)nc12. The summed E-state index contributed by atoms with van der Waals surface area (Å²) in [5.74, 6) is 1.76. The molecule has 0 atom stereocenters. The lowest BCUT2D eigenvalue weighted by atomic mass is 10.2. The average molecular weight is 484 g/mol. The van der Waals surface area contributed by atoms with Gasteiger partial charge in [-0.15, -0.1) is 11.3 Å². The van der Waals surface area contributed by atoms with Crippen LogP contribution in [-0.4, -0.2) is 94.7 Å². The minimum absolute atomic E-state index is 0.0160. The van der Waals surface area contributed by atoms with Gasteiger partial charge in [0, 0.05) is 63.1 Å². The molecular weight excluding hydrogens is 454 g/mol. The third-order valence-corrected chi connectivity index (χ3v) is 7.62. The Hall–Kier alpha value is -2.93. The summed E-state index contributed by atoms with van der Waals surface area (Å²) in [5.41, 5.74) is 14.1. The van der Waals surface area contributed by atoms with E-state index in [1.807, 2.05) is 4.90 Å². The van der Waals surface area contributed by atoms with Gasteiger partial charge in [-0.25, -0.2) is 19.9 Å². The van der Waals surface area contributed by atoms with Gasteiger partial charge in [0.05, 0.1) is 35.5 Å². The molecule has 34 heavy (non-hydrogen) atoms. The van der Waals surface area contributed by atoms with Gasteiger partial charge in [-0.2, -0.15) is 0 Å². The van der Waals surface area contributed by atoms with Gasteiger partial charge in [-0.3, -0.25) is 9.69 Å².